The molecule has 15 heavy (non-hydrogen) atoms. The molecule has 1 rings (SSSR count). The molecule has 1 heterocycles. The molecule has 0 unspecified atom stereocenters. The Hall–Kier alpha value is 0.220. The summed E-state index contributed by atoms with van der Waals surface area (Å²) < 4.78 is 28.0. The summed E-state index contributed by atoms with van der Waals surface area (Å²) in [5.41, 5.74) is 0. The summed E-state index contributed by atoms with van der Waals surface area (Å²) in [6.07, 6.45) is 0.745. The quantitative estimate of drug-likeness (QED) is 0.556. The van der Waals surface area contributed by atoms with Crippen LogP contribution in [0.5, 0.6) is 0 Å². The molecule has 0 amide bonds. The Morgan fingerprint density at radius 1 is 1.20 bits per heavy atom. The first-order chi connectivity index (χ1) is 7.14. The smallest absolute Gasteiger partial charge is 0.151 e. The number of thiol groups is 1. The van der Waals surface area contributed by atoms with Crippen molar-refractivity contribution in [3.63, 3.8) is 0 Å². The van der Waals surface area contributed by atoms with E-state index >= 15 is 0 Å². The van der Waals surface area contributed by atoms with Crippen LogP contribution in [0.1, 0.15) is 6.42 Å². The molecule has 0 bridgehead atoms. The Bertz CT molecular complexity index is 267. The lowest BCUT2D eigenvalue weighted by atomic mass is 10.4. The highest BCUT2D eigenvalue weighted by Gasteiger charge is 2.18. The van der Waals surface area contributed by atoms with E-state index in [0.717, 1.165) is 25.3 Å². The van der Waals surface area contributed by atoms with Gasteiger partial charge in [-0.3, -0.25) is 0 Å². The van der Waals surface area contributed by atoms with E-state index in [1.165, 1.54) is 0 Å². The third kappa shape index (κ3) is 5.75. The van der Waals surface area contributed by atoms with Crippen molar-refractivity contribution in [1.29, 1.82) is 0 Å². The van der Waals surface area contributed by atoms with E-state index in [1.807, 2.05) is 0 Å². The Balaban J connectivity index is 2.20. The lowest BCUT2D eigenvalue weighted by molar-refractivity contribution is 0.118. The number of hydrogen-bond acceptors (Lipinski definition) is 5. The molecular weight excluding hydrogens is 234 g/mol. The summed E-state index contributed by atoms with van der Waals surface area (Å²) in [5.74, 6) is 1.36. The summed E-state index contributed by atoms with van der Waals surface area (Å²) in [5, 5.41) is 0. The Labute approximate surface area is 97.3 Å². The summed E-state index contributed by atoms with van der Waals surface area (Å²) in [6.45, 7) is 3.66. The first kappa shape index (κ1) is 13.3. The molecule has 0 aliphatic carbocycles. The van der Waals surface area contributed by atoms with Gasteiger partial charge in [-0.2, -0.15) is 12.6 Å². The predicted molar refractivity (Wildman–Crippen MR) is 64.4 cm³/mol. The first-order valence-corrected chi connectivity index (χ1v) is 7.71. The van der Waals surface area contributed by atoms with Crippen molar-refractivity contribution in [3.8, 4) is 0 Å². The van der Waals surface area contributed by atoms with Gasteiger partial charge in [0.15, 0.2) is 9.84 Å². The number of ether oxygens (including phenoxy) is 1. The van der Waals surface area contributed by atoms with Gasteiger partial charge >= 0.3 is 0 Å². The van der Waals surface area contributed by atoms with Gasteiger partial charge in [0, 0.05) is 18.8 Å². The number of rotatable bonds is 5. The third-order valence-corrected chi connectivity index (χ3v) is 4.33. The molecule has 0 radical (unpaired) electrons. The van der Waals surface area contributed by atoms with Crippen molar-refractivity contribution in [2.75, 3.05) is 50.1 Å². The SMILES string of the molecule is O=S1(=O)CCCN(CCOCCS)CC1. The minimum Gasteiger partial charge on any atom is -0.379 e. The van der Waals surface area contributed by atoms with Crippen molar-refractivity contribution in [2.45, 2.75) is 6.42 Å². The fourth-order valence-corrected chi connectivity index (χ4v) is 3.01. The summed E-state index contributed by atoms with van der Waals surface area (Å²) in [7, 11) is -2.78. The third-order valence-electron chi connectivity index (χ3n) is 2.44. The van der Waals surface area contributed by atoms with Gasteiger partial charge in [0.2, 0.25) is 0 Å². The highest BCUT2D eigenvalue weighted by Crippen LogP contribution is 2.04. The zero-order valence-corrected chi connectivity index (χ0v) is 10.6. The van der Waals surface area contributed by atoms with Gasteiger partial charge < -0.3 is 9.64 Å². The van der Waals surface area contributed by atoms with E-state index in [1.54, 1.807) is 0 Å². The molecule has 4 nitrogen and oxygen atoms in total. The van der Waals surface area contributed by atoms with Crippen LogP contribution >= 0.6 is 12.6 Å². The molecule has 1 aliphatic rings. The van der Waals surface area contributed by atoms with Gasteiger partial charge in [0.1, 0.15) is 0 Å². The van der Waals surface area contributed by atoms with Gasteiger partial charge in [-0.05, 0) is 13.0 Å². The Kier molecular flexibility index (Phi) is 5.96. The zero-order valence-electron chi connectivity index (χ0n) is 8.89. The Morgan fingerprint density at radius 3 is 2.73 bits per heavy atom. The van der Waals surface area contributed by atoms with Crippen molar-refractivity contribution >= 4 is 22.5 Å². The fraction of sp³-hybridized carbons (Fsp3) is 1.00. The topological polar surface area (TPSA) is 46.6 Å². The standard InChI is InChI=1S/C9H19NO3S2/c11-15(12)8-1-2-10(4-9-15)3-5-13-6-7-14/h14H,1-9H2. The highest BCUT2D eigenvalue weighted by molar-refractivity contribution is 7.91. The molecule has 0 spiro atoms. The molecule has 0 N–H and O–H groups in total. The Morgan fingerprint density at radius 2 is 2.00 bits per heavy atom. The van der Waals surface area contributed by atoms with Crippen molar-refractivity contribution in [1.82, 2.24) is 4.90 Å². The minimum absolute atomic E-state index is 0.291. The summed E-state index contributed by atoms with van der Waals surface area (Å²) in [6, 6.07) is 0. The van der Waals surface area contributed by atoms with Crippen LogP contribution in [0, 0.1) is 0 Å². The average Bonchev–Trinajstić information content (AvgIpc) is 2.35. The van der Waals surface area contributed by atoms with Crippen LogP contribution in [-0.2, 0) is 14.6 Å². The molecule has 0 aromatic heterocycles. The second-order valence-electron chi connectivity index (χ2n) is 3.68. The van der Waals surface area contributed by atoms with Crippen LogP contribution in [0.15, 0.2) is 0 Å². The molecule has 1 fully saturated rings. The van der Waals surface area contributed by atoms with Crippen LogP contribution in [-0.4, -0.2) is 63.4 Å². The lowest BCUT2D eigenvalue weighted by Gasteiger charge is -2.18. The van der Waals surface area contributed by atoms with Crippen LogP contribution in [0.2, 0.25) is 0 Å². The highest BCUT2D eigenvalue weighted by atomic mass is 32.2. The van der Waals surface area contributed by atoms with E-state index < -0.39 is 9.84 Å². The summed E-state index contributed by atoms with van der Waals surface area (Å²) >= 11 is 4.04. The van der Waals surface area contributed by atoms with Gasteiger partial charge in [0.25, 0.3) is 0 Å². The van der Waals surface area contributed by atoms with E-state index in [9.17, 15) is 8.42 Å². The lowest BCUT2D eigenvalue weighted by Crippen LogP contribution is -2.30. The molecule has 0 aromatic rings. The normalized spacial score (nSPS) is 22.5. The average molecular weight is 253 g/mol. The minimum atomic E-state index is -2.78. The molecule has 0 saturated carbocycles. The van der Waals surface area contributed by atoms with Crippen LogP contribution < -0.4 is 0 Å². The van der Waals surface area contributed by atoms with Gasteiger partial charge in [0.05, 0.1) is 24.7 Å². The molecule has 0 aromatic carbocycles. The van der Waals surface area contributed by atoms with Gasteiger partial charge in [-0.25, -0.2) is 8.42 Å². The maximum absolute atomic E-state index is 11.3. The van der Waals surface area contributed by atoms with E-state index in [0.29, 0.717) is 31.3 Å². The van der Waals surface area contributed by atoms with Crippen molar-refractivity contribution in [3.05, 3.63) is 0 Å². The fourth-order valence-electron chi connectivity index (χ4n) is 1.57. The van der Waals surface area contributed by atoms with E-state index in [4.69, 9.17) is 4.74 Å². The van der Waals surface area contributed by atoms with E-state index in [-0.39, 0.29) is 0 Å². The van der Waals surface area contributed by atoms with Crippen molar-refractivity contribution in [2.24, 2.45) is 0 Å². The molecule has 90 valence electrons. The predicted octanol–water partition coefficient (Wildman–Crippen LogP) is 0.0533. The molecule has 0 atom stereocenters. The second-order valence-corrected chi connectivity index (χ2v) is 6.43. The number of sulfone groups is 1. The monoisotopic (exact) mass is 253 g/mol. The van der Waals surface area contributed by atoms with Crippen molar-refractivity contribution < 1.29 is 13.2 Å². The zero-order chi connectivity index (χ0) is 11.1. The maximum Gasteiger partial charge on any atom is 0.151 e. The largest absolute Gasteiger partial charge is 0.379 e. The van der Waals surface area contributed by atoms with Gasteiger partial charge in [-0.1, -0.05) is 0 Å². The molecule has 6 heteroatoms. The molecule has 1 saturated heterocycles. The van der Waals surface area contributed by atoms with Gasteiger partial charge in [-0.15, -0.1) is 0 Å². The van der Waals surface area contributed by atoms with Crippen LogP contribution in [0.3, 0.4) is 0 Å². The van der Waals surface area contributed by atoms with Crippen LogP contribution in [0.4, 0.5) is 0 Å². The van der Waals surface area contributed by atoms with E-state index in [2.05, 4.69) is 17.5 Å². The summed E-state index contributed by atoms with van der Waals surface area (Å²) in [4.78, 5) is 2.16. The van der Waals surface area contributed by atoms with Crippen LogP contribution in [0.25, 0.3) is 0 Å². The number of nitrogens with zero attached hydrogens (tertiary/aromatic N) is 1. The number of hydrogen-bond donors (Lipinski definition) is 1. The maximum atomic E-state index is 11.3. The molecule has 1 aliphatic heterocycles. The molecular formula is C9H19NO3S2. The second kappa shape index (κ2) is 6.73. The first-order valence-electron chi connectivity index (χ1n) is 5.25.